The first kappa shape index (κ1) is 21.9. The Morgan fingerprint density at radius 2 is 1.73 bits per heavy atom. The number of imidazole rings is 1. The molecule has 5 rings (SSSR count). The van der Waals surface area contributed by atoms with Crippen LogP contribution in [0, 0.1) is 0 Å². The highest BCUT2D eigenvalue weighted by Crippen LogP contribution is 2.30. The van der Waals surface area contributed by atoms with Gasteiger partial charge in [-0.3, -0.25) is 4.79 Å². The van der Waals surface area contributed by atoms with Crippen LogP contribution in [0.5, 0.6) is 5.75 Å². The molecule has 1 aromatic heterocycles. The fraction of sp³-hybridized carbons (Fsp3) is 0.440. The van der Waals surface area contributed by atoms with Gasteiger partial charge in [0.25, 0.3) is 0 Å². The summed E-state index contributed by atoms with van der Waals surface area (Å²) in [6, 6.07) is 17.2. The van der Waals surface area contributed by atoms with E-state index in [4.69, 9.17) is 9.72 Å². The van der Waals surface area contributed by atoms with E-state index in [1.807, 2.05) is 64.1 Å². The average molecular weight is 468 g/mol. The van der Waals surface area contributed by atoms with Crippen molar-refractivity contribution in [2.24, 2.45) is 0 Å². The second-order valence-electron chi connectivity index (χ2n) is 9.00. The first-order valence-corrected chi connectivity index (χ1v) is 13.5. The van der Waals surface area contributed by atoms with Crippen molar-refractivity contribution >= 4 is 26.8 Å². The summed E-state index contributed by atoms with van der Waals surface area (Å²) in [5, 5.41) is 0. The summed E-state index contributed by atoms with van der Waals surface area (Å²) in [6.45, 7) is 0.369. The van der Waals surface area contributed by atoms with Gasteiger partial charge in [-0.2, -0.15) is 0 Å². The lowest BCUT2D eigenvalue weighted by atomic mass is 10.1. The average Bonchev–Trinajstić information content (AvgIpc) is 3.54. The van der Waals surface area contributed by atoms with Gasteiger partial charge in [0.2, 0.25) is 5.91 Å². The Hall–Kier alpha value is -2.87. The molecule has 0 bridgehead atoms. The molecule has 1 atom stereocenters. The summed E-state index contributed by atoms with van der Waals surface area (Å²) in [5.74, 6) is 1.63. The molecule has 1 amide bonds. The van der Waals surface area contributed by atoms with E-state index in [9.17, 15) is 13.2 Å². The molecule has 1 aliphatic carbocycles. The lowest BCUT2D eigenvalue weighted by Crippen LogP contribution is -2.48. The van der Waals surface area contributed by atoms with Crippen LogP contribution >= 0.6 is 0 Å². The summed E-state index contributed by atoms with van der Waals surface area (Å²) in [7, 11) is -3.08. The van der Waals surface area contributed by atoms with Crippen LogP contribution in [0.3, 0.4) is 0 Å². The number of para-hydroxylation sites is 3. The number of aromatic nitrogens is 2. The molecule has 2 aromatic carbocycles. The third-order valence-corrected chi connectivity index (χ3v) is 8.50. The first-order chi connectivity index (χ1) is 16.0. The Bertz CT molecular complexity index is 1230. The maximum atomic E-state index is 13.7. The normalized spacial score (nSPS) is 20.3. The van der Waals surface area contributed by atoms with Gasteiger partial charge in [-0.15, -0.1) is 0 Å². The van der Waals surface area contributed by atoms with Crippen LogP contribution < -0.4 is 4.74 Å². The Morgan fingerprint density at radius 1 is 1.00 bits per heavy atom. The molecule has 1 saturated heterocycles. The number of amides is 1. The predicted molar refractivity (Wildman–Crippen MR) is 127 cm³/mol. The van der Waals surface area contributed by atoms with Gasteiger partial charge < -0.3 is 14.2 Å². The van der Waals surface area contributed by atoms with Crippen molar-refractivity contribution in [1.82, 2.24) is 14.5 Å². The number of hydrogen-bond donors (Lipinski definition) is 0. The fourth-order valence-electron chi connectivity index (χ4n) is 5.18. The summed E-state index contributed by atoms with van der Waals surface area (Å²) < 4.78 is 32.2. The molecule has 2 aliphatic rings. The SMILES string of the molecule is O=C(Cn1c(COc2ccccc2)nc2ccccc21)N(C1CCCC1)C1CCS(=O)(=O)C1. The predicted octanol–water partition coefficient (Wildman–Crippen LogP) is 3.57. The Balaban J connectivity index is 1.43. The molecular formula is C25H29N3O4S. The molecule has 33 heavy (non-hydrogen) atoms. The van der Waals surface area contributed by atoms with Crippen LogP contribution in [0.25, 0.3) is 11.0 Å². The van der Waals surface area contributed by atoms with Gasteiger partial charge in [0, 0.05) is 12.1 Å². The van der Waals surface area contributed by atoms with Crippen LogP contribution in [-0.4, -0.2) is 52.4 Å². The van der Waals surface area contributed by atoms with Crippen molar-refractivity contribution in [3.8, 4) is 5.75 Å². The zero-order valence-corrected chi connectivity index (χ0v) is 19.4. The van der Waals surface area contributed by atoms with Crippen molar-refractivity contribution in [2.75, 3.05) is 11.5 Å². The van der Waals surface area contributed by atoms with E-state index >= 15 is 0 Å². The van der Waals surface area contributed by atoms with Crippen molar-refractivity contribution in [2.45, 2.75) is 57.3 Å². The lowest BCUT2D eigenvalue weighted by molar-refractivity contribution is -0.136. The van der Waals surface area contributed by atoms with Crippen molar-refractivity contribution in [3.63, 3.8) is 0 Å². The van der Waals surface area contributed by atoms with Crippen LogP contribution in [0.15, 0.2) is 54.6 Å². The van der Waals surface area contributed by atoms with Gasteiger partial charge in [0.1, 0.15) is 24.7 Å². The van der Waals surface area contributed by atoms with Gasteiger partial charge >= 0.3 is 0 Å². The second-order valence-corrected chi connectivity index (χ2v) is 11.2. The van der Waals surface area contributed by atoms with Crippen LogP contribution in [0.4, 0.5) is 0 Å². The van der Waals surface area contributed by atoms with E-state index in [2.05, 4.69) is 0 Å². The Labute approximate surface area is 194 Å². The van der Waals surface area contributed by atoms with Crippen molar-refractivity contribution in [1.29, 1.82) is 0 Å². The largest absolute Gasteiger partial charge is 0.486 e. The standard InChI is InChI=1S/C25H29N3O4S/c29-25(28(19-8-4-5-9-19)20-14-15-33(30,31)18-20)16-27-23-13-7-6-12-22(23)26-24(27)17-32-21-10-2-1-3-11-21/h1-3,6-7,10-13,19-20H,4-5,8-9,14-18H2. The Kier molecular flexibility index (Phi) is 6.10. The van der Waals surface area contributed by atoms with Crippen LogP contribution in [0.2, 0.25) is 0 Å². The maximum absolute atomic E-state index is 13.7. The number of fused-ring (bicyclic) bond motifs is 1. The molecule has 7 nitrogen and oxygen atoms in total. The quantitative estimate of drug-likeness (QED) is 0.531. The minimum absolute atomic E-state index is 0.0342. The highest BCUT2D eigenvalue weighted by atomic mass is 32.2. The van der Waals surface area contributed by atoms with E-state index in [1.165, 1.54) is 0 Å². The van der Waals surface area contributed by atoms with Crippen LogP contribution in [0.1, 0.15) is 37.9 Å². The number of ether oxygens (including phenoxy) is 1. The molecule has 0 spiro atoms. The lowest BCUT2D eigenvalue weighted by Gasteiger charge is -2.34. The molecule has 2 heterocycles. The first-order valence-electron chi connectivity index (χ1n) is 11.6. The highest BCUT2D eigenvalue weighted by Gasteiger charge is 2.39. The smallest absolute Gasteiger partial charge is 0.243 e. The zero-order chi connectivity index (χ0) is 22.8. The Morgan fingerprint density at radius 3 is 2.45 bits per heavy atom. The number of rotatable bonds is 7. The number of hydrogen-bond acceptors (Lipinski definition) is 5. The van der Waals surface area contributed by atoms with Crippen molar-refractivity contribution < 1.29 is 17.9 Å². The molecule has 3 aromatic rings. The highest BCUT2D eigenvalue weighted by molar-refractivity contribution is 7.91. The van der Waals surface area contributed by atoms with Crippen molar-refractivity contribution in [3.05, 3.63) is 60.4 Å². The molecule has 1 unspecified atom stereocenters. The fourth-order valence-corrected chi connectivity index (χ4v) is 6.89. The number of sulfone groups is 1. The molecule has 2 fully saturated rings. The minimum Gasteiger partial charge on any atom is -0.486 e. The number of benzene rings is 2. The van der Waals surface area contributed by atoms with Gasteiger partial charge in [0.15, 0.2) is 9.84 Å². The van der Waals surface area contributed by atoms with E-state index in [0.29, 0.717) is 12.2 Å². The monoisotopic (exact) mass is 467 g/mol. The van der Waals surface area contributed by atoms with Crippen LogP contribution in [-0.2, 0) is 27.8 Å². The second kappa shape index (κ2) is 9.17. The number of carbonyl (C=O) groups excluding carboxylic acids is 1. The van der Waals surface area contributed by atoms with Gasteiger partial charge in [-0.05, 0) is 43.5 Å². The zero-order valence-electron chi connectivity index (χ0n) is 18.6. The summed E-state index contributed by atoms with van der Waals surface area (Å²) in [6.07, 6.45) is 4.57. The topological polar surface area (TPSA) is 81.5 Å². The van der Waals surface area contributed by atoms with Gasteiger partial charge in [0.05, 0.1) is 22.5 Å². The maximum Gasteiger partial charge on any atom is 0.243 e. The summed E-state index contributed by atoms with van der Waals surface area (Å²) in [5.41, 5.74) is 1.69. The molecule has 0 radical (unpaired) electrons. The minimum atomic E-state index is -3.08. The number of nitrogens with zero attached hydrogens (tertiary/aromatic N) is 3. The number of carbonyl (C=O) groups is 1. The van der Waals surface area contributed by atoms with E-state index in [0.717, 1.165) is 42.5 Å². The molecule has 1 saturated carbocycles. The van der Waals surface area contributed by atoms with Gasteiger partial charge in [-0.1, -0.05) is 43.2 Å². The summed E-state index contributed by atoms with van der Waals surface area (Å²) in [4.78, 5) is 20.3. The van der Waals surface area contributed by atoms with Gasteiger partial charge in [-0.25, -0.2) is 13.4 Å². The van der Waals surface area contributed by atoms with E-state index in [-0.39, 0.29) is 42.6 Å². The molecule has 0 N–H and O–H groups in total. The molecule has 1 aliphatic heterocycles. The molecule has 8 heteroatoms. The molecular weight excluding hydrogens is 438 g/mol. The summed E-state index contributed by atoms with van der Waals surface area (Å²) >= 11 is 0. The molecule has 174 valence electrons. The van der Waals surface area contributed by atoms with E-state index in [1.54, 1.807) is 0 Å². The van der Waals surface area contributed by atoms with E-state index < -0.39 is 9.84 Å². The third kappa shape index (κ3) is 4.76. The third-order valence-electron chi connectivity index (χ3n) is 6.75.